The average molecular weight is 317 g/mol. The molecule has 23 heavy (non-hydrogen) atoms. The summed E-state index contributed by atoms with van der Waals surface area (Å²) in [5.41, 5.74) is 1.11. The molecular weight excluding hydrogens is 294 g/mol. The number of benzene rings is 1. The molecule has 0 bridgehead atoms. The predicted octanol–water partition coefficient (Wildman–Crippen LogP) is 0.128. The van der Waals surface area contributed by atoms with Gasteiger partial charge in [-0.25, -0.2) is 0 Å². The number of hydrogen-bond donors (Lipinski definition) is 1. The lowest BCUT2D eigenvalue weighted by molar-refractivity contribution is -0.138. The van der Waals surface area contributed by atoms with Crippen LogP contribution in [-0.2, 0) is 16.0 Å². The lowest BCUT2D eigenvalue weighted by Crippen LogP contribution is -2.53. The van der Waals surface area contributed by atoms with Gasteiger partial charge >= 0.3 is 0 Å². The maximum Gasteiger partial charge on any atom is 0.233 e. The van der Waals surface area contributed by atoms with Crippen LogP contribution in [0.5, 0.6) is 5.75 Å². The standard InChI is InChI=1S/C17H23N3O3/c1-18-16(21)11-19-6-8-20(9-7-19)17(22)14-10-13-4-2-3-5-15(13)23-12-14/h2-5,14H,6-12H2,1H3,(H,18,21). The van der Waals surface area contributed by atoms with E-state index in [1.807, 2.05) is 29.2 Å². The van der Waals surface area contributed by atoms with E-state index in [4.69, 9.17) is 4.74 Å². The lowest BCUT2D eigenvalue weighted by Gasteiger charge is -2.37. The quantitative estimate of drug-likeness (QED) is 0.861. The van der Waals surface area contributed by atoms with Crippen LogP contribution in [-0.4, -0.2) is 68.0 Å². The van der Waals surface area contributed by atoms with Gasteiger partial charge in [-0.05, 0) is 18.1 Å². The Hall–Kier alpha value is -2.08. The topological polar surface area (TPSA) is 61.9 Å². The molecule has 1 aromatic rings. The van der Waals surface area contributed by atoms with E-state index in [9.17, 15) is 9.59 Å². The maximum atomic E-state index is 12.7. The van der Waals surface area contributed by atoms with Crippen molar-refractivity contribution in [3.63, 3.8) is 0 Å². The Balaban J connectivity index is 1.53. The van der Waals surface area contributed by atoms with Crippen LogP contribution in [0.3, 0.4) is 0 Å². The molecule has 0 spiro atoms. The summed E-state index contributed by atoms with van der Waals surface area (Å²) in [6.45, 7) is 3.68. The van der Waals surface area contributed by atoms with E-state index in [1.165, 1.54) is 0 Å². The second kappa shape index (κ2) is 7.00. The van der Waals surface area contributed by atoms with Gasteiger partial charge in [-0.1, -0.05) is 18.2 Å². The summed E-state index contributed by atoms with van der Waals surface area (Å²) < 4.78 is 5.73. The number of nitrogens with one attached hydrogen (secondary N) is 1. The molecule has 2 heterocycles. The van der Waals surface area contributed by atoms with Crippen LogP contribution in [0.15, 0.2) is 24.3 Å². The van der Waals surface area contributed by atoms with Gasteiger partial charge in [0.15, 0.2) is 0 Å². The molecule has 0 aromatic heterocycles. The first-order chi connectivity index (χ1) is 11.2. The molecule has 2 amide bonds. The zero-order valence-electron chi connectivity index (χ0n) is 13.5. The zero-order chi connectivity index (χ0) is 16.2. The third-order valence-corrected chi connectivity index (χ3v) is 4.56. The largest absolute Gasteiger partial charge is 0.492 e. The van der Waals surface area contributed by atoms with Crippen LogP contribution in [0.25, 0.3) is 0 Å². The highest BCUT2D eigenvalue weighted by Crippen LogP contribution is 2.27. The van der Waals surface area contributed by atoms with Crippen LogP contribution in [0.2, 0.25) is 0 Å². The van der Waals surface area contributed by atoms with E-state index in [2.05, 4.69) is 10.2 Å². The second-order valence-corrected chi connectivity index (χ2v) is 6.09. The smallest absolute Gasteiger partial charge is 0.233 e. The van der Waals surface area contributed by atoms with Gasteiger partial charge in [-0.15, -0.1) is 0 Å². The maximum absolute atomic E-state index is 12.7. The van der Waals surface area contributed by atoms with Crippen molar-refractivity contribution < 1.29 is 14.3 Å². The van der Waals surface area contributed by atoms with Gasteiger partial charge in [0.25, 0.3) is 0 Å². The fourth-order valence-electron chi connectivity index (χ4n) is 3.15. The number of ether oxygens (including phenoxy) is 1. The van der Waals surface area contributed by atoms with Crippen molar-refractivity contribution in [2.45, 2.75) is 6.42 Å². The van der Waals surface area contributed by atoms with Gasteiger partial charge in [0, 0.05) is 33.2 Å². The van der Waals surface area contributed by atoms with Crippen LogP contribution >= 0.6 is 0 Å². The third kappa shape index (κ3) is 3.64. The number of nitrogens with zero attached hydrogens (tertiary/aromatic N) is 2. The molecular formula is C17H23N3O3. The summed E-state index contributed by atoms with van der Waals surface area (Å²) in [7, 11) is 1.64. The number of para-hydroxylation sites is 1. The first kappa shape index (κ1) is 15.8. The van der Waals surface area contributed by atoms with Gasteiger partial charge < -0.3 is 15.0 Å². The normalized spacial score (nSPS) is 21.3. The first-order valence-corrected chi connectivity index (χ1v) is 8.10. The molecule has 1 aromatic carbocycles. The minimum Gasteiger partial charge on any atom is -0.492 e. The van der Waals surface area contributed by atoms with Crippen molar-refractivity contribution in [3.05, 3.63) is 29.8 Å². The van der Waals surface area contributed by atoms with E-state index in [1.54, 1.807) is 7.05 Å². The lowest BCUT2D eigenvalue weighted by atomic mass is 9.95. The predicted molar refractivity (Wildman–Crippen MR) is 86.2 cm³/mol. The van der Waals surface area contributed by atoms with Crippen molar-refractivity contribution in [2.75, 3.05) is 46.4 Å². The highest BCUT2D eigenvalue weighted by atomic mass is 16.5. The van der Waals surface area contributed by atoms with Crippen molar-refractivity contribution in [3.8, 4) is 5.75 Å². The monoisotopic (exact) mass is 317 g/mol. The van der Waals surface area contributed by atoms with E-state index in [0.717, 1.165) is 30.8 Å². The Morgan fingerprint density at radius 3 is 2.70 bits per heavy atom. The molecule has 6 nitrogen and oxygen atoms in total. The molecule has 2 aliphatic heterocycles. The fourth-order valence-corrected chi connectivity index (χ4v) is 3.15. The molecule has 0 saturated carbocycles. The van der Waals surface area contributed by atoms with Crippen molar-refractivity contribution >= 4 is 11.8 Å². The summed E-state index contributed by atoms with van der Waals surface area (Å²) in [6.07, 6.45) is 0.744. The molecule has 1 saturated heterocycles. The number of rotatable bonds is 3. The first-order valence-electron chi connectivity index (χ1n) is 8.10. The van der Waals surface area contributed by atoms with E-state index < -0.39 is 0 Å². The van der Waals surface area contributed by atoms with Gasteiger partial charge in [0.2, 0.25) is 11.8 Å². The molecule has 3 rings (SSSR count). The van der Waals surface area contributed by atoms with E-state index >= 15 is 0 Å². The van der Waals surface area contributed by atoms with Crippen LogP contribution in [0.4, 0.5) is 0 Å². The van der Waals surface area contributed by atoms with Gasteiger partial charge in [0.1, 0.15) is 12.4 Å². The van der Waals surface area contributed by atoms with Crippen molar-refractivity contribution in [2.24, 2.45) is 5.92 Å². The van der Waals surface area contributed by atoms with Crippen LogP contribution < -0.4 is 10.1 Å². The summed E-state index contributed by atoms with van der Waals surface area (Å²) in [4.78, 5) is 28.1. The Morgan fingerprint density at radius 2 is 1.96 bits per heavy atom. The molecule has 1 atom stereocenters. The molecule has 2 aliphatic rings. The molecule has 0 aliphatic carbocycles. The summed E-state index contributed by atoms with van der Waals surface area (Å²) in [5, 5.41) is 2.63. The Kier molecular flexibility index (Phi) is 4.81. The van der Waals surface area contributed by atoms with Gasteiger partial charge in [-0.2, -0.15) is 0 Å². The van der Waals surface area contributed by atoms with Crippen molar-refractivity contribution in [1.82, 2.24) is 15.1 Å². The Bertz CT molecular complexity index is 582. The third-order valence-electron chi connectivity index (χ3n) is 4.56. The summed E-state index contributed by atoms with van der Waals surface area (Å²) in [5.74, 6) is 0.975. The van der Waals surface area contributed by atoms with Crippen molar-refractivity contribution in [1.29, 1.82) is 0 Å². The number of piperazine rings is 1. The number of amides is 2. The van der Waals surface area contributed by atoms with Crippen LogP contribution in [0.1, 0.15) is 5.56 Å². The fraction of sp³-hybridized carbons (Fsp3) is 0.529. The highest BCUT2D eigenvalue weighted by Gasteiger charge is 2.31. The van der Waals surface area contributed by atoms with E-state index in [0.29, 0.717) is 26.2 Å². The Labute approximate surface area is 136 Å². The zero-order valence-corrected chi connectivity index (χ0v) is 13.5. The number of carbonyl (C=O) groups is 2. The van der Waals surface area contributed by atoms with Gasteiger partial charge in [0.05, 0.1) is 12.5 Å². The second-order valence-electron chi connectivity index (χ2n) is 6.09. The minimum atomic E-state index is -0.101. The summed E-state index contributed by atoms with van der Waals surface area (Å²) >= 11 is 0. The number of fused-ring (bicyclic) bond motifs is 1. The molecule has 1 N–H and O–H groups in total. The van der Waals surface area contributed by atoms with Gasteiger partial charge in [-0.3, -0.25) is 14.5 Å². The molecule has 6 heteroatoms. The van der Waals surface area contributed by atoms with E-state index in [-0.39, 0.29) is 17.7 Å². The number of likely N-dealkylation sites (N-methyl/N-ethyl adjacent to an activating group) is 1. The minimum absolute atomic E-state index is 0.0158. The average Bonchev–Trinajstić information content (AvgIpc) is 2.61. The SMILES string of the molecule is CNC(=O)CN1CCN(C(=O)C2COc3ccccc3C2)CC1. The molecule has 1 fully saturated rings. The van der Waals surface area contributed by atoms with Crippen LogP contribution in [0, 0.1) is 5.92 Å². The number of hydrogen-bond acceptors (Lipinski definition) is 4. The Morgan fingerprint density at radius 1 is 1.22 bits per heavy atom. The molecule has 1 unspecified atom stereocenters. The summed E-state index contributed by atoms with van der Waals surface area (Å²) in [6, 6.07) is 7.91. The highest BCUT2D eigenvalue weighted by molar-refractivity contribution is 5.80. The molecule has 124 valence electrons. The number of carbonyl (C=O) groups excluding carboxylic acids is 2. The molecule has 0 radical (unpaired) electrons.